The Kier molecular flexibility index (Phi) is 3.69. The molecule has 0 bridgehead atoms. The molecule has 0 aromatic carbocycles. The van der Waals surface area contributed by atoms with Crippen molar-refractivity contribution in [1.82, 2.24) is 14.9 Å². The molecule has 3 rings (SSSR count). The molecule has 104 valence electrons. The van der Waals surface area contributed by atoms with Gasteiger partial charge in [0, 0.05) is 29.9 Å². The molecule has 1 aromatic rings. The van der Waals surface area contributed by atoms with Crippen molar-refractivity contribution in [2.45, 2.75) is 57.5 Å². The van der Waals surface area contributed by atoms with Crippen LogP contribution >= 0.6 is 0 Å². The molecule has 1 atom stereocenters. The summed E-state index contributed by atoms with van der Waals surface area (Å²) < 4.78 is 0. The molecule has 1 heterocycles. The Morgan fingerprint density at radius 2 is 2.11 bits per heavy atom. The number of aryl methyl sites for hydroxylation is 1. The minimum Gasteiger partial charge on any atom is -0.368 e. The minimum absolute atomic E-state index is 0.557. The summed E-state index contributed by atoms with van der Waals surface area (Å²) in [7, 11) is 2.24. The van der Waals surface area contributed by atoms with E-state index < -0.39 is 0 Å². The van der Waals surface area contributed by atoms with E-state index in [4.69, 9.17) is 0 Å². The van der Waals surface area contributed by atoms with Crippen molar-refractivity contribution in [3.8, 4) is 0 Å². The first-order valence-electron chi connectivity index (χ1n) is 7.54. The molecule has 1 fully saturated rings. The van der Waals surface area contributed by atoms with E-state index in [9.17, 15) is 0 Å². The topological polar surface area (TPSA) is 41.1 Å². The Hall–Kier alpha value is -1.16. The maximum Gasteiger partial charge on any atom is 0.132 e. The fraction of sp³-hybridized carbons (Fsp3) is 0.733. The van der Waals surface area contributed by atoms with Crippen LogP contribution in [0.3, 0.4) is 0 Å². The lowest BCUT2D eigenvalue weighted by Gasteiger charge is -2.26. The van der Waals surface area contributed by atoms with Gasteiger partial charge in [-0.15, -0.1) is 0 Å². The zero-order valence-electron chi connectivity index (χ0n) is 12.0. The zero-order chi connectivity index (χ0) is 13.2. The molecule has 0 aliphatic heterocycles. The number of nitrogens with one attached hydrogen (secondary N) is 1. The molecule has 1 unspecified atom stereocenters. The number of anilines is 1. The van der Waals surface area contributed by atoms with Crippen LogP contribution in [-0.2, 0) is 12.8 Å². The molecule has 2 aliphatic carbocycles. The van der Waals surface area contributed by atoms with Crippen molar-refractivity contribution in [3.63, 3.8) is 0 Å². The van der Waals surface area contributed by atoms with Gasteiger partial charge in [-0.3, -0.25) is 4.90 Å². The number of aromatic nitrogens is 2. The van der Waals surface area contributed by atoms with Crippen molar-refractivity contribution in [1.29, 1.82) is 0 Å². The van der Waals surface area contributed by atoms with Gasteiger partial charge in [-0.25, -0.2) is 9.97 Å². The van der Waals surface area contributed by atoms with Crippen LogP contribution in [0, 0.1) is 0 Å². The van der Waals surface area contributed by atoms with Gasteiger partial charge in [0.2, 0.25) is 0 Å². The van der Waals surface area contributed by atoms with Crippen LogP contribution in [0.1, 0.15) is 43.9 Å². The average molecular weight is 260 g/mol. The van der Waals surface area contributed by atoms with E-state index in [2.05, 4.69) is 34.2 Å². The lowest BCUT2D eigenvalue weighted by Crippen LogP contribution is -2.36. The van der Waals surface area contributed by atoms with Crippen LogP contribution in [0.15, 0.2) is 6.33 Å². The van der Waals surface area contributed by atoms with Gasteiger partial charge in [0.15, 0.2) is 0 Å². The molecular weight excluding hydrogens is 236 g/mol. The average Bonchev–Trinajstić information content (AvgIpc) is 3.28. The summed E-state index contributed by atoms with van der Waals surface area (Å²) in [6.45, 7) is 3.26. The van der Waals surface area contributed by atoms with E-state index in [1.807, 2.05) is 0 Å². The molecule has 1 saturated carbocycles. The van der Waals surface area contributed by atoms with Gasteiger partial charge in [0.05, 0.1) is 0 Å². The second-order valence-corrected chi connectivity index (χ2v) is 5.98. The van der Waals surface area contributed by atoms with Crippen LogP contribution in [0.25, 0.3) is 0 Å². The SMILES string of the molecule is CC(CNc1ncnc2c1CCCC2)N(C)C1CC1. The van der Waals surface area contributed by atoms with Gasteiger partial charge in [-0.2, -0.15) is 0 Å². The van der Waals surface area contributed by atoms with Crippen LogP contribution < -0.4 is 5.32 Å². The third-order valence-electron chi connectivity index (χ3n) is 4.51. The summed E-state index contributed by atoms with van der Waals surface area (Å²) in [4.78, 5) is 11.3. The largest absolute Gasteiger partial charge is 0.368 e. The number of fused-ring (bicyclic) bond motifs is 1. The third kappa shape index (κ3) is 2.89. The van der Waals surface area contributed by atoms with Crippen molar-refractivity contribution >= 4 is 5.82 Å². The van der Waals surface area contributed by atoms with Crippen molar-refractivity contribution in [2.24, 2.45) is 0 Å². The highest BCUT2D eigenvalue weighted by Crippen LogP contribution is 2.27. The van der Waals surface area contributed by atoms with Gasteiger partial charge in [-0.1, -0.05) is 0 Å². The highest BCUT2D eigenvalue weighted by Gasteiger charge is 2.29. The van der Waals surface area contributed by atoms with E-state index in [0.717, 1.165) is 31.2 Å². The summed E-state index contributed by atoms with van der Waals surface area (Å²) in [5, 5.41) is 3.54. The Balaban J connectivity index is 1.63. The van der Waals surface area contributed by atoms with E-state index in [1.165, 1.54) is 36.9 Å². The molecular formula is C15H24N4. The quantitative estimate of drug-likeness (QED) is 0.881. The molecule has 4 nitrogen and oxygen atoms in total. The monoisotopic (exact) mass is 260 g/mol. The highest BCUT2D eigenvalue weighted by molar-refractivity contribution is 5.47. The van der Waals surface area contributed by atoms with Crippen LogP contribution in [0.2, 0.25) is 0 Å². The van der Waals surface area contributed by atoms with E-state index in [1.54, 1.807) is 6.33 Å². The highest BCUT2D eigenvalue weighted by atomic mass is 15.2. The minimum atomic E-state index is 0.557. The first-order valence-corrected chi connectivity index (χ1v) is 7.54. The molecule has 0 saturated heterocycles. The molecule has 1 N–H and O–H groups in total. The van der Waals surface area contributed by atoms with E-state index in [0.29, 0.717) is 6.04 Å². The number of hydrogen-bond donors (Lipinski definition) is 1. The first-order chi connectivity index (χ1) is 9.25. The molecule has 19 heavy (non-hydrogen) atoms. The number of nitrogens with zero attached hydrogens (tertiary/aromatic N) is 3. The van der Waals surface area contributed by atoms with Crippen molar-refractivity contribution in [2.75, 3.05) is 18.9 Å². The van der Waals surface area contributed by atoms with Crippen LogP contribution in [0.5, 0.6) is 0 Å². The van der Waals surface area contributed by atoms with Gasteiger partial charge in [0.1, 0.15) is 12.1 Å². The van der Waals surface area contributed by atoms with E-state index >= 15 is 0 Å². The fourth-order valence-corrected chi connectivity index (χ4v) is 2.90. The summed E-state index contributed by atoms with van der Waals surface area (Å²) in [6, 6.07) is 1.37. The molecule has 0 amide bonds. The molecule has 0 radical (unpaired) electrons. The Morgan fingerprint density at radius 1 is 1.32 bits per heavy atom. The van der Waals surface area contributed by atoms with Crippen LogP contribution in [-0.4, -0.2) is 40.5 Å². The normalized spacial score (nSPS) is 20.2. The Morgan fingerprint density at radius 3 is 2.89 bits per heavy atom. The lowest BCUT2D eigenvalue weighted by atomic mass is 9.96. The third-order valence-corrected chi connectivity index (χ3v) is 4.51. The second-order valence-electron chi connectivity index (χ2n) is 5.98. The standard InChI is InChI=1S/C15H24N4/c1-11(19(2)12-7-8-12)9-16-15-13-5-3-4-6-14(13)17-10-18-15/h10-12H,3-9H2,1-2H3,(H,16,17,18). The van der Waals surface area contributed by atoms with Crippen LogP contribution in [0.4, 0.5) is 5.82 Å². The fourth-order valence-electron chi connectivity index (χ4n) is 2.90. The van der Waals surface area contributed by atoms with Crippen molar-refractivity contribution < 1.29 is 0 Å². The summed E-state index contributed by atoms with van der Waals surface area (Å²) in [6.07, 6.45) is 9.22. The van der Waals surface area contributed by atoms with Gasteiger partial charge in [0.25, 0.3) is 0 Å². The van der Waals surface area contributed by atoms with E-state index in [-0.39, 0.29) is 0 Å². The Labute approximate surface area is 115 Å². The predicted octanol–water partition coefficient (Wildman–Crippen LogP) is 2.25. The number of likely N-dealkylation sites (N-methyl/N-ethyl adjacent to an activating group) is 1. The van der Waals surface area contributed by atoms with Crippen molar-refractivity contribution in [3.05, 3.63) is 17.6 Å². The molecule has 2 aliphatic rings. The zero-order valence-corrected chi connectivity index (χ0v) is 12.0. The maximum atomic E-state index is 4.44. The van der Waals surface area contributed by atoms with Gasteiger partial charge in [-0.05, 0) is 52.5 Å². The predicted molar refractivity (Wildman–Crippen MR) is 77.4 cm³/mol. The van der Waals surface area contributed by atoms with Gasteiger partial charge < -0.3 is 5.32 Å². The number of rotatable bonds is 5. The summed E-state index contributed by atoms with van der Waals surface area (Å²) in [5.74, 6) is 1.07. The molecule has 4 heteroatoms. The molecule has 1 aromatic heterocycles. The summed E-state index contributed by atoms with van der Waals surface area (Å²) >= 11 is 0. The number of hydrogen-bond acceptors (Lipinski definition) is 4. The summed E-state index contributed by atoms with van der Waals surface area (Å²) in [5.41, 5.74) is 2.61. The Bertz CT molecular complexity index is 442. The first kappa shape index (κ1) is 12.9. The maximum absolute atomic E-state index is 4.44. The molecule has 0 spiro atoms. The smallest absolute Gasteiger partial charge is 0.132 e. The second kappa shape index (κ2) is 5.45. The van der Waals surface area contributed by atoms with Gasteiger partial charge >= 0.3 is 0 Å². The lowest BCUT2D eigenvalue weighted by molar-refractivity contribution is 0.257.